The minimum absolute atomic E-state index is 0.289. The number of hydrogen-bond acceptors (Lipinski definition) is 3. The Hall–Kier alpha value is -1.00. The summed E-state index contributed by atoms with van der Waals surface area (Å²) in [5.74, 6) is 0. The van der Waals surface area contributed by atoms with Gasteiger partial charge in [-0.05, 0) is 50.6 Å². The molecular formula is C13H20N2OS. The zero-order valence-corrected chi connectivity index (χ0v) is 11.1. The van der Waals surface area contributed by atoms with Gasteiger partial charge in [-0.1, -0.05) is 12.5 Å². The normalized spacial score (nSPS) is 14.7. The van der Waals surface area contributed by atoms with E-state index in [4.69, 9.17) is 5.73 Å². The Morgan fingerprint density at radius 2 is 1.94 bits per heavy atom. The Morgan fingerprint density at radius 3 is 2.29 bits per heavy atom. The maximum Gasteiger partial charge on any atom is 0.218 e. The molecule has 0 spiro atoms. The van der Waals surface area contributed by atoms with Crippen LogP contribution in [0.5, 0.6) is 0 Å². The van der Waals surface area contributed by atoms with Crippen LogP contribution in [0.1, 0.15) is 35.2 Å². The largest absolute Gasteiger partial charge is 0.398 e. The number of carbonyl (C=O) groups is 1. The molecule has 0 aliphatic carbocycles. The molecule has 1 fully saturated rings. The van der Waals surface area contributed by atoms with E-state index in [2.05, 4.69) is 17.9 Å². The lowest BCUT2D eigenvalue weighted by Gasteiger charge is -2.08. The van der Waals surface area contributed by atoms with Crippen molar-refractivity contribution in [3.8, 4) is 0 Å². The minimum atomic E-state index is -0.289. The highest BCUT2D eigenvalue weighted by atomic mass is 32.1. The molecule has 0 bridgehead atoms. The van der Waals surface area contributed by atoms with Crippen molar-refractivity contribution in [2.75, 3.05) is 18.8 Å². The predicted octanol–water partition coefficient (Wildman–Crippen LogP) is 2.41. The Bertz CT molecular complexity index is 364. The van der Waals surface area contributed by atoms with E-state index in [1.165, 1.54) is 32.4 Å². The molecule has 0 unspecified atom stereocenters. The van der Waals surface area contributed by atoms with Crippen LogP contribution in [-0.4, -0.2) is 18.2 Å². The van der Waals surface area contributed by atoms with Gasteiger partial charge in [-0.15, -0.1) is 12.6 Å². The van der Waals surface area contributed by atoms with Crippen molar-refractivity contribution in [2.45, 2.75) is 26.2 Å². The molecule has 1 aliphatic rings. The fourth-order valence-electron chi connectivity index (χ4n) is 1.68. The van der Waals surface area contributed by atoms with Crippen LogP contribution in [0.4, 0.5) is 5.69 Å². The molecule has 2 rings (SSSR count). The number of piperidine rings is 1. The molecule has 0 aromatic heterocycles. The second kappa shape index (κ2) is 7.35. The first kappa shape index (κ1) is 14.1. The molecular weight excluding hydrogens is 232 g/mol. The summed E-state index contributed by atoms with van der Waals surface area (Å²) in [5.41, 5.74) is 7.56. The molecule has 1 aromatic rings. The number of anilines is 1. The maximum atomic E-state index is 10.8. The molecule has 94 valence electrons. The van der Waals surface area contributed by atoms with Crippen LogP contribution in [0.15, 0.2) is 18.2 Å². The van der Waals surface area contributed by atoms with Crippen molar-refractivity contribution in [1.29, 1.82) is 0 Å². The van der Waals surface area contributed by atoms with Gasteiger partial charge in [0.15, 0.2) is 0 Å². The first-order valence-corrected chi connectivity index (χ1v) is 6.36. The fraction of sp³-hybridized carbons (Fsp3) is 0.462. The fourth-order valence-corrected chi connectivity index (χ4v) is 1.88. The monoisotopic (exact) mass is 252 g/mol. The SMILES string of the molecule is C1CCNCC1.Cc1ccc(C(=O)S)c(N)c1. The van der Waals surface area contributed by atoms with Crippen LogP contribution < -0.4 is 11.1 Å². The van der Waals surface area contributed by atoms with Gasteiger partial charge in [0.25, 0.3) is 0 Å². The van der Waals surface area contributed by atoms with Gasteiger partial charge in [-0.25, -0.2) is 0 Å². The summed E-state index contributed by atoms with van der Waals surface area (Å²) in [5, 5.41) is 3.00. The number of nitrogens with two attached hydrogens (primary N) is 1. The topological polar surface area (TPSA) is 55.1 Å². The third-order valence-corrected chi connectivity index (χ3v) is 2.89. The summed E-state index contributed by atoms with van der Waals surface area (Å²) >= 11 is 3.67. The van der Waals surface area contributed by atoms with Crippen molar-refractivity contribution in [1.82, 2.24) is 5.32 Å². The van der Waals surface area contributed by atoms with Crippen LogP contribution in [-0.2, 0) is 0 Å². The molecule has 4 heteroatoms. The minimum Gasteiger partial charge on any atom is -0.398 e. The molecule has 1 saturated heterocycles. The van der Waals surface area contributed by atoms with Gasteiger partial charge in [0, 0.05) is 5.69 Å². The van der Waals surface area contributed by atoms with Gasteiger partial charge in [0.05, 0.1) is 5.56 Å². The first-order chi connectivity index (χ1) is 8.11. The number of thiol groups is 1. The average molecular weight is 252 g/mol. The van der Waals surface area contributed by atoms with Crippen LogP contribution in [0.3, 0.4) is 0 Å². The third kappa shape index (κ3) is 5.24. The zero-order chi connectivity index (χ0) is 12.7. The van der Waals surface area contributed by atoms with Gasteiger partial charge in [0.1, 0.15) is 0 Å². The summed E-state index contributed by atoms with van der Waals surface area (Å²) < 4.78 is 0. The lowest BCUT2D eigenvalue weighted by Crippen LogP contribution is -2.21. The van der Waals surface area contributed by atoms with Crippen molar-refractivity contribution in [3.05, 3.63) is 29.3 Å². The standard InChI is InChI=1S/C8H9NOS.C5H11N/c1-5-2-3-6(8(10)11)7(9)4-5;1-2-4-6-5-3-1/h2-4H,9H2,1H3,(H,10,11);6H,1-5H2. The van der Waals surface area contributed by atoms with E-state index in [0.29, 0.717) is 11.3 Å². The first-order valence-electron chi connectivity index (χ1n) is 5.91. The number of carbonyl (C=O) groups excluding carboxylic acids is 1. The van der Waals surface area contributed by atoms with Crippen molar-refractivity contribution < 1.29 is 4.79 Å². The van der Waals surface area contributed by atoms with Gasteiger partial charge in [-0.2, -0.15) is 0 Å². The molecule has 0 amide bonds. The molecule has 17 heavy (non-hydrogen) atoms. The van der Waals surface area contributed by atoms with Crippen LogP contribution in [0.2, 0.25) is 0 Å². The predicted molar refractivity (Wildman–Crippen MR) is 75.6 cm³/mol. The Labute approximate surface area is 108 Å². The maximum absolute atomic E-state index is 10.8. The Balaban J connectivity index is 0.000000202. The second-order valence-corrected chi connectivity index (χ2v) is 4.61. The van der Waals surface area contributed by atoms with Crippen molar-refractivity contribution in [3.63, 3.8) is 0 Å². The molecule has 3 nitrogen and oxygen atoms in total. The summed E-state index contributed by atoms with van der Waals surface area (Å²) in [6.07, 6.45) is 4.22. The van der Waals surface area contributed by atoms with Crippen molar-refractivity contribution >= 4 is 23.4 Å². The lowest BCUT2D eigenvalue weighted by molar-refractivity contribution is 0.109. The number of benzene rings is 1. The molecule has 1 aromatic carbocycles. The van der Waals surface area contributed by atoms with E-state index in [9.17, 15) is 4.79 Å². The van der Waals surface area contributed by atoms with Gasteiger partial charge in [-0.3, -0.25) is 4.79 Å². The molecule has 0 saturated carbocycles. The van der Waals surface area contributed by atoms with E-state index in [1.807, 2.05) is 13.0 Å². The number of aryl methyl sites for hydroxylation is 1. The summed E-state index contributed by atoms with van der Waals surface area (Å²) in [6.45, 7) is 4.42. The molecule has 0 radical (unpaired) electrons. The Kier molecular flexibility index (Phi) is 6.08. The molecule has 0 atom stereocenters. The smallest absolute Gasteiger partial charge is 0.218 e. The summed E-state index contributed by atoms with van der Waals surface area (Å²) in [7, 11) is 0. The summed E-state index contributed by atoms with van der Waals surface area (Å²) in [4.78, 5) is 10.8. The van der Waals surface area contributed by atoms with Crippen LogP contribution in [0.25, 0.3) is 0 Å². The molecule has 1 heterocycles. The highest BCUT2D eigenvalue weighted by Crippen LogP contribution is 2.15. The van der Waals surface area contributed by atoms with Gasteiger partial charge >= 0.3 is 0 Å². The highest BCUT2D eigenvalue weighted by Gasteiger charge is 2.03. The number of hydrogen-bond donors (Lipinski definition) is 3. The quantitative estimate of drug-likeness (QED) is 0.531. The van der Waals surface area contributed by atoms with E-state index in [-0.39, 0.29) is 5.12 Å². The molecule has 3 N–H and O–H groups in total. The average Bonchev–Trinajstić information content (AvgIpc) is 2.31. The zero-order valence-electron chi connectivity index (χ0n) is 10.2. The van der Waals surface area contributed by atoms with E-state index >= 15 is 0 Å². The molecule has 1 aliphatic heterocycles. The Morgan fingerprint density at radius 1 is 1.29 bits per heavy atom. The second-order valence-electron chi connectivity index (χ2n) is 4.21. The highest BCUT2D eigenvalue weighted by molar-refractivity contribution is 7.97. The third-order valence-electron chi connectivity index (χ3n) is 2.64. The van der Waals surface area contributed by atoms with Gasteiger partial charge < -0.3 is 11.1 Å². The van der Waals surface area contributed by atoms with E-state index in [0.717, 1.165) is 5.56 Å². The summed E-state index contributed by atoms with van der Waals surface area (Å²) in [6, 6.07) is 5.27. The van der Waals surface area contributed by atoms with Crippen LogP contribution in [0, 0.1) is 6.92 Å². The van der Waals surface area contributed by atoms with Gasteiger partial charge in [0.2, 0.25) is 5.12 Å². The van der Waals surface area contributed by atoms with E-state index < -0.39 is 0 Å². The number of nitrogens with one attached hydrogen (secondary N) is 1. The lowest BCUT2D eigenvalue weighted by atomic mass is 10.1. The van der Waals surface area contributed by atoms with Crippen LogP contribution >= 0.6 is 12.6 Å². The van der Waals surface area contributed by atoms with E-state index in [1.54, 1.807) is 12.1 Å². The van der Waals surface area contributed by atoms with Crippen molar-refractivity contribution in [2.24, 2.45) is 0 Å². The number of nitrogen functional groups attached to an aromatic ring is 1. The number of rotatable bonds is 1.